The molecule has 0 spiro atoms. The molecule has 7 heteroatoms. The Morgan fingerprint density at radius 3 is 2.54 bits per heavy atom. The molecule has 0 atom stereocenters. The van der Waals surface area contributed by atoms with Gasteiger partial charge in [-0.05, 0) is 41.8 Å². The first-order chi connectivity index (χ1) is 12.6. The van der Waals surface area contributed by atoms with E-state index in [9.17, 15) is 4.79 Å². The van der Waals surface area contributed by atoms with Crippen LogP contribution in [0.3, 0.4) is 0 Å². The summed E-state index contributed by atoms with van der Waals surface area (Å²) >= 11 is 5.80. The summed E-state index contributed by atoms with van der Waals surface area (Å²) in [7, 11) is 3.18. The van der Waals surface area contributed by atoms with Crippen molar-refractivity contribution in [2.45, 2.75) is 6.42 Å². The lowest BCUT2D eigenvalue weighted by atomic mass is 10.1. The number of amides is 1. The summed E-state index contributed by atoms with van der Waals surface area (Å²) < 4.78 is 10.5. The van der Waals surface area contributed by atoms with Gasteiger partial charge in [0.2, 0.25) is 0 Å². The number of carbonyl (C=O) groups excluding carboxylic acids is 1. The lowest BCUT2D eigenvalue weighted by Crippen LogP contribution is -2.28. The van der Waals surface area contributed by atoms with Crippen molar-refractivity contribution < 1.29 is 19.1 Å². The molecule has 2 aromatic rings. The minimum absolute atomic E-state index is 0.143. The van der Waals surface area contributed by atoms with Gasteiger partial charge in [-0.15, -0.1) is 0 Å². The first-order valence-electron chi connectivity index (χ1n) is 8.01. The van der Waals surface area contributed by atoms with Gasteiger partial charge in [-0.1, -0.05) is 35.0 Å². The molecule has 0 aliphatic heterocycles. The molecule has 1 amide bonds. The van der Waals surface area contributed by atoms with Crippen LogP contribution < -0.4 is 14.8 Å². The van der Waals surface area contributed by atoms with Gasteiger partial charge in [-0.2, -0.15) is 0 Å². The second-order valence-electron chi connectivity index (χ2n) is 5.35. The number of methoxy groups -OCH3 is 2. The summed E-state index contributed by atoms with van der Waals surface area (Å²) in [5.41, 5.74) is 1.87. The quantitative estimate of drug-likeness (QED) is 0.539. The zero-order chi connectivity index (χ0) is 18.8. The highest BCUT2D eigenvalue weighted by Gasteiger charge is 2.05. The molecule has 0 saturated carbocycles. The largest absolute Gasteiger partial charge is 0.493 e. The summed E-state index contributed by atoms with van der Waals surface area (Å²) in [5, 5.41) is 7.19. The highest BCUT2D eigenvalue weighted by atomic mass is 35.5. The maximum atomic E-state index is 11.7. The number of rotatable bonds is 9. The number of nitrogens with zero attached hydrogens (tertiary/aromatic N) is 1. The molecule has 0 aromatic heterocycles. The van der Waals surface area contributed by atoms with Crippen molar-refractivity contribution in [2.75, 3.05) is 27.4 Å². The molecule has 0 saturated heterocycles. The van der Waals surface area contributed by atoms with E-state index < -0.39 is 0 Å². The normalized spacial score (nSPS) is 10.6. The molecule has 2 aromatic carbocycles. The molecule has 0 aliphatic rings. The summed E-state index contributed by atoms with van der Waals surface area (Å²) in [4.78, 5) is 16.7. The summed E-state index contributed by atoms with van der Waals surface area (Å²) in [6.45, 7) is 0.342. The molecule has 0 radical (unpaired) electrons. The van der Waals surface area contributed by atoms with Crippen molar-refractivity contribution in [2.24, 2.45) is 5.16 Å². The van der Waals surface area contributed by atoms with E-state index in [-0.39, 0.29) is 12.5 Å². The maximum Gasteiger partial charge on any atom is 0.260 e. The molecule has 6 nitrogen and oxygen atoms in total. The third kappa shape index (κ3) is 6.29. The number of nitrogens with one attached hydrogen (secondary N) is 1. The molecule has 0 unspecified atom stereocenters. The molecular weight excluding hydrogens is 356 g/mol. The molecule has 0 heterocycles. The Labute approximate surface area is 157 Å². The van der Waals surface area contributed by atoms with Gasteiger partial charge in [-0.3, -0.25) is 4.79 Å². The minimum Gasteiger partial charge on any atom is -0.493 e. The highest BCUT2D eigenvalue weighted by Crippen LogP contribution is 2.27. The zero-order valence-corrected chi connectivity index (χ0v) is 15.5. The third-order valence-electron chi connectivity index (χ3n) is 3.53. The minimum atomic E-state index is -0.237. The number of ether oxygens (including phenoxy) is 2. The molecule has 138 valence electrons. The Morgan fingerprint density at radius 1 is 1.12 bits per heavy atom. The number of hydrogen-bond acceptors (Lipinski definition) is 5. The van der Waals surface area contributed by atoms with Crippen LogP contribution in [0.5, 0.6) is 11.5 Å². The Kier molecular flexibility index (Phi) is 7.76. The first-order valence-corrected chi connectivity index (χ1v) is 8.38. The van der Waals surface area contributed by atoms with Crippen LogP contribution in [0, 0.1) is 0 Å². The van der Waals surface area contributed by atoms with E-state index >= 15 is 0 Å². The molecule has 26 heavy (non-hydrogen) atoms. The van der Waals surface area contributed by atoms with Crippen molar-refractivity contribution in [3.63, 3.8) is 0 Å². The fourth-order valence-electron chi connectivity index (χ4n) is 2.18. The van der Waals surface area contributed by atoms with E-state index in [4.69, 9.17) is 25.9 Å². The van der Waals surface area contributed by atoms with Crippen LogP contribution in [0.1, 0.15) is 11.1 Å². The van der Waals surface area contributed by atoms with Crippen LogP contribution >= 0.6 is 11.6 Å². The SMILES string of the molecule is COc1ccc(CCNC(=O)CO/N=C/c2ccc(Cl)cc2)cc1OC. The lowest BCUT2D eigenvalue weighted by molar-refractivity contribution is -0.125. The maximum absolute atomic E-state index is 11.7. The lowest BCUT2D eigenvalue weighted by Gasteiger charge is -2.10. The van der Waals surface area contributed by atoms with Crippen LogP contribution in [-0.2, 0) is 16.1 Å². The van der Waals surface area contributed by atoms with Crippen molar-refractivity contribution in [1.29, 1.82) is 0 Å². The van der Waals surface area contributed by atoms with E-state index in [1.807, 2.05) is 18.2 Å². The fourth-order valence-corrected chi connectivity index (χ4v) is 2.30. The fraction of sp³-hybridized carbons (Fsp3) is 0.263. The number of halogens is 1. The van der Waals surface area contributed by atoms with E-state index in [0.717, 1.165) is 11.1 Å². The van der Waals surface area contributed by atoms with Crippen LogP contribution in [0.4, 0.5) is 0 Å². The van der Waals surface area contributed by atoms with Crippen LogP contribution in [0.15, 0.2) is 47.6 Å². The van der Waals surface area contributed by atoms with Gasteiger partial charge in [0, 0.05) is 11.6 Å². The molecular formula is C19H21ClN2O4. The van der Waals surface area contributed by atoms with Crippen LogP contribution in [-0.4, -0.2) is 39.5 Å². The zero-order valence-electron chi connectivity index (χ0n) is 14.7. The standard InChI is InChI=1S/C19H21ClN2O4/c1-24-17-8-5-14(11-18(17)25-2)9-10-21-19(23)13-26-22-12-15-3-6-16(20)7-4-15/h3-8,11-12H,9-10,13H2,1-2H3,(H,21,23)/b22-12+. The number of oxime groups is 1. The van der Waals surface area contributed by atoms with Gasteiger partial charge < -0.3 is 19.6 Å². The Morgan fingerprint density at radius 2 is 1.85 bits per heavy atom. The Hall–Kier alpha value is -2.73. The van der Waals surface area contributed by atoms with Gasteiger partial charge in [0.25, 0.3) is 5.91 Å². The van der Waals surface area contributed by atoms with Gasteiger partial charge in [0.1, 0.15) is 0 Å². The summed E-state index contributed by atoms with van der Waals surface area (Å²) in [6, 6.07) is 12.8. The highest BCUT2D eigenvalue weighted by molar-refractivity contribution is 6.30. The molecule has 0 aliphatic carbocycles. The number of carbonyl (C=O) groups is 1. The van der Waals surface area contributed by atoms with Crippen molar-refractivity contribution in [3.8, 4) is 11.5 Å². The van der Waals surface area contributed by atoms with E-state index in [1.54, 1.807) is 38.5 Å². The molecule has 0 bridgehead atoms. The van der Waals surface area contributed by atoms with Gasteiger partial charge in [0.05, 0.1) is 20.4 Å². The van der Waals surface area contributed by atoms with Crippen LogP contribution in [0.25, 0.3) is 0 Å². The van der Waals surface area contributed by atoms with Gasteiger partial charge in [-0.25, -0.2) is 0 Å². The predicted molar refractivity (Wildman–Crippen MR) is 101 cm³/mol. The van der Waals surface area contributed by atoms with E-state index in [2.05, 4.69) is 10.5 Å². The topological polar surface area (TPSA) is 69.2 Å². The monoisotopic (exact) mass is 376 g/mol. The average molecular weight is 377 g/mol. The molecule has 1 N–H and O–H groups in total. The van der Waals surface area contributed by atoms with Crippen molar-refractivity contribution >= 4 is 23.7 Å². The first kappa shape index (κ1) is 19.6. The molecule has 2 rings (SSSR count). The second kappa shape index (κ2) is 10.3. The Bertz CT molecular complexity index is 748. The Balaban J connectivity index is 1.69. The predicted octanol–water partition coefficient (Wildman–Crippen LogP) is 3.07. The third-order valence-corrected chi connectivity index (χ3v) is 3.78. The van der Waals surface area contributed by atoms with Crippen molar-refractivity contribution in [1.82, 2.24) is 5.32 Å². The van der Waals surface area contributed by atoms with E-state index in [0.29, 0.717) is 29.5 Å². The summed E-state index contributed by atoms with van der Waals surface area (Å²) in [6.07, 6.45) is 2.19. The van der Waals surface area contributed by atoms with Gasteiger partial charge >= 0.3 is 0 Å². The summed E-state index contributed by atoms with van der Waals surface area (Å²) in [5.74, 6) is 1.10. The van der Waals surface area contributed by atoms with Gasteiger partial charge in [0.15, 0.2) is 18.1 Å². The molecule has 0 fully saturated rings. The average Bonchev–Trinajstić information content (AvgIpc) is 2.66. The number of benzene rings is 2. The van der Waals surface area contributed by atoms with Crippen molar-refractivity contribution in [3.05, 3.63) is 58.6 Å². The van der Waals surface area contributed by atoms with Crippen LogP contribution in [0.2, 0.25) is 5.02 Å². The second-order valence-corrected chi connectivity index (χ2v) is 5.79. The number of hydrogen-bond donors (Lipinski definition) is 1. The van der Waals surface area contributed by atoms with E-state index in [1.165, 1.54) is 6.21 Å². The smallest absolute Gasteiger partial charge is 0.260 e.